The zero-order valence-electron chi connectivity index (χ0n) is 13.4. The largest absolute Gasteiger partial charge is 0.496 e. The van der Waals surface area contributed by atoms with Gasteiger partial charge in [0.15, 0.2) is 0 Å². The Morgan fingerprint density at radius 3 is 2.37 bits per heavy atom. The van der Waals surface area contributed by atoms with Crippen molar-refractivity contribution in [1.29, 1.82) is 0 Å². The van der Waals surface area contributed by atoms with Crippen LogP contribution in [0.4, 0.5) is 0 Å². The Hall–Kier alpha value is -1.06. The van der Waals surface area contributed by atoms with Crippen LogP contribution in [-0.4, -0.2) is 38.2 Å². The van der Waals surface area contributed by atoms with Crippen LogP contribution in [-0.2, 0) is 6.54 Å². The third kappa shape index (κ3) is 3.95. The molecule has 0 atom stereocenters. The highest BCUT2D eigenvalue weighted by Gasteiger charge is 2.23. The maximum Gasteiger partial charge on any atom is 0.122 e. The molecule has 0 amide bonds. The number of aryl methyl sites for hydroxylation is 2. The summed E-state index contributed by atoms with van der Waals surface area (Å²) >= 11 is 0. The van der Waals surface area contributed by atoms with Gasteiger partial charge in [-0.25, -0.2) is 0 Å². The number of methoxy groups -OCH3 is 1. The minimum Gasteiger partial charge on any atom is -0.496 e. The van der Waals surface area contributed by atoms with Crippen LogP contribution in [0, 0.1) is 13.8 Å². The smallest absolute Gasteiger partial charge is 0.122 e. The first-order chi connectivity index (χ1) is 8.81. The molecule has 0 radical (unpaired) electrons. The molecule has 1 N–H and O–H groups in total. The highest BCUT2D eigenvalue weighted by Crippen LogP contribution is 2.24. The van der Waals surface area contributed by atoms with Crippen LogP contribution in [0.15, 0.2) is 12.1 Å². The second-order valence-corrected chi connectivity index (χ2v) is 5.95. The van der Waals surface area contributed by atoms with Gasteiger partial charge >= 0.3 is 0 Å². The number of rotatable bonds is 6. The van der Waals surface area contributed by atoms with Gasteiger partial charge in [-0.15, -0.1) is 0 Å². The Labute approximate surface area is 118 Å². The minimum absolute atomic E-state index is 0.134. The van der Waals surface area contributed by atoms with Crippen molar-refractivity contribution in [2.24, 2.45) is 0 Å². The van der Waals surface area contributed by atoms with E-state index in [-0.39, 0.29) is 5.54 Å². The quantitative estimate of drug-likeness (QED) is 0.855. The number of ether oxygens (including phenoxy) is 1. The van der Waals surface area contributed by atoms with Gasteiger partial charge in [-0.3, -0.25) is 4.90 Å². The van der Waals surface area contributed by atoms with Crippen molar-refractivity contribution in [1.82, 2.24) is 10.2 Å². The molecule has 19 heavy (non-hydrogen) atoms. The van der Waals surface area contributed by atoms with Gasteiger partial charge in [-0.1, -0.05) is 6.07 Å². The first kappa shape index (κ1) is 16.0. The molecule has 1 rings (SSSR count). The minimum atomic E-state index is 0.134. The average molecular weight is 264 g/mol. The highest BCUT2D eigenvalue weighted by atomic mass is 16.5. The predicted octanol–water partition coefficient (Wildman–Crippen LogP) is 2.74. The molecule has 0 aliphatic rings. The van der Waals surface area contributed by atoms with Crippen molar-refractivity contribution < 1.29 is 4.74 Å². The number of hydrogen-bond acceptors (Lipinski definition) is 3. The molecule has 0 saturated heterocycles. The Morgan fingerprint density at radius 1 is 1.21 bits per heavy atom. The molecular weight excluding hydrogens is 236 g/mol. The number of hydrogen-bond donors (Lipinski definition) is 1. The van der Waals surface area contributed by atoms with Crippen LogP contribution >= 0.6 is 0 Å². The van der Waals surface area contributed by atoms with Crippen LogP contribution in [0.5, 0.6) is 5.75 Å². The van der Waals surface area contributed by atoms with Crippen molar-refractivity contribution >= 4 is 0 Å². The number of nitrogens with zero attached hydrogens (tertiary/aromatic N) is 1. The van der Waals surface area contributed by atoms with E-state index in [1.165, 1.54) is 16.7 Å². The number of likely N-dealkylation sites (N-methyl/N-ethyl adjacent to an activating group) is 2. The van der Waals surface area contributed by atoms with Crippen molar-refractivity contribution in [2.75, 3.05) is 27.7 Å². The normalized spacial score (nSPS) is 12.0. The predicted molar refractivity (Wildman–Crippen MR) is 81.9 cm³/mol. The zero-order chi connectivity index (χ0) is 14.6. The second kappa shape index (κ2) is 6.40. The van der Waals surface area contributed by atoms with E-state index >= 15 is 0 Å². The standard InChI is InChI=1S/C16H28N2O/c1-12-9-15(19-7)13(2)8-14(12)10-18(6)16(3,4)11-17-5/h8-9,17H,10-11H2,1-7H3. The van der Waals surface area contributed by atoms with E-state index in [2.05, 4.69) is 57.1 Å². The third-order valence-electron chi connectivity index (χ3n) is 3.90. The number of nitrogens with one attached hydrogen (secondary N) is 1. The van der Waals surface area contributed by atoms with Gasteiger partial charge in [-0.2, -0.15) is 0 Å². The van der Waals surface area contributed by atoms with Crippen LogP contribution in [0.2, 0.25) is 0 Å². The van der Waals surface area contributed by atoms with Crippen LogP contribution in [0.1, 0.15) is 30.5 Å². The van der Waals surface area contributed by atoms with Gasteiger partial charge in [0.25, 0.3) is 0 Å². The molecule has 0 unspecified atom stereocenters. The Morgan fingerprint density at radius 2 is 1.84 bits per heavy atom. The Kier molecular flexibility index (Phi) is 5.39. The van der Waals surface area contributed by atoms with E-state index in [1.807, 2.05) is 7.05 Å². The SMILES string of the molecule is CNCC(C)(C)N(C)Cc1cc(C)c(OC)cc1C. The molecule has 0 bridgehead atoms. The summed E-state index contributed by atoms with van der Waals surface area (Å²) in [6.45, 7) is 10.7. The summed E-state index contributed by atoms with van der Waals surface area (Å²) in [4.78, 5) is 2.39. The maximum atomic E-state index is 5.37. The van der Waals surface area contributed by atoms with E-state index in [9.17, 15) is 0 Å². The molecule has 3 nitrogen and oxygen atoms in total. The molecule has 1 aromatic carbocycles. The van der Waals surface area contributed by atoms with E-state index < -0.39 is 0 Å². The molecular formula is C16H28N2O. The summed E-state index contributed by atoms with van der Waals surface area (Å²) in [6.07, 6.45) is 0. The summed E-state index contributed by atoms with van der Waals surface area (Å²) in [5, 5.41) is 3.26. The second-order valence-electron chi connectivity index (χ2n) is 5.95. The lowest BCUT2D eigenvalue weighted by molar-refractivity contribution is 0.147. The lowest BCUT2D eigenvalue weighted by Gasteiger charge is -2.36. The summed E-state index contributed by atoms with van der Waals surface area (Å²) in [5.41, 5.74) is 3.98. The van der Waals surface area contributed by atoms with Gasteiger partial charge in [0, 0.05) is 18.6 Å². The van der Waals surface area contributed by atoms with Crippen molar-refractivity contribution in [3.8, 4) is 5.75 Å². The first-order valence-electron chi connectivity index (χ1n) is 6.81. The van der Waals surface area contributed by atoms with Crippen molar-refractivity contribution in [3.05, 3.63) is 28.8 Å². The maximum absolute atomic E-state index is 5.37. The summed E-state index contributed by atoms with van der Waals surface area (Å²) in [6, 6.07) is 4.36. The van der Waals surface area contributed by atoms with E-state index in [0.29, 0.717) is 0 Å². The zero-order valence-corrected chi connectivity index (χ0v) is 13.4. The fourth-order valence-corrected chi connectivity index (χ4v) is 2.28. The first-order valence-corrected chi connectivity index (χ1v) is 6.81. The molecule has 0 spiro atoms. The van der Waals surface area contributed by atoms with Crippen molar-refractivity contribution in [2.45, 2.75) is 39.8 Å². The van der Waals surface area contributed by atoms with Crippen LogP contribution < -0.4 is 10.1 Å². The van der Waals surface area contributed by atoms with Crippen molar-refractivity contribution in [3.63, 3.8) is 0 Å². The van der Waals surface area contributed by atoms with Gasteiger partial charge in [0.2, 0.25) is 0 Å². The van der Waals surface area contributed by atoms with E-state index in [0.717, 1.165) is 18.8 Å². The molecule has 0 saturated carbocycles. The molecule has 108 valence electrons. The molecule has 0 aromatic heterocycles. The number of benzene rings is 1. The highest BCUT2D eigenvalue weighted by molar-refractivity contribution is 5.41. The van der Waals surface area contributed by atoms with Gasteiger partial charge < -0.3 is 10.1 Å². The summed E-state index contributed by atoms with van der Waals surface area (Å²) < 4.78 is 5.37. The lowest BCUT2D eigenvalue weighted by atomic mass is 9.99. The van der Waals surface area contributed by atoms with Crippen LogP contribution in [0.25, 0.3) is 0 Å². The average Bonchev–Trinajstić information content (AvgIpc) is 2.33. The molecule has 0 fully saturated rings. The Balaban J connectivity index is 2.91. The monoisotopic (exact) mass is 264 g/mol. The molecule has 0 aliphatic heterocycles. The third-order valence-corrected chi connectivity index (χ3v) is 3.90. The summed E-state index contributed by atoms with van der Waals surface area (Å²) in [5.74, 6) is 0.971. The molecule has 1 aromatic rings. The fourth-order valence-electron chi connectivity index (χ4n) is 2.28. The molecule has 0 aliphatic carbocycles. The Bertz CT molecular complexity index is 427. The lowest BCUT2D eigenvalue weighted by Crippen LogP contribution is -2.47. The van der Waals surface area contributed by atoms with Gasteiger partial charge in [-0.05, 0) is 64.5 Å². The van der Waals surface area contributed by atoms with Gasteiger partial charge in [0.05, 0.1) is 7.11 Å². The van der Waals surface area contributed by atoms with Gasteiger partial charge in [0.1, 0.15) is 5.75 Å². The molecule has 0 heterocycles. The topological polar surface area (TPSA) is 24.5 Å². The van der Waals surface area contributed by atoms with Crippen LogP contribution in [0.3, 0.4) is 0 Å². The van der Waals surface area contributed by atoms with E-state index in [1.54, 1.807) is 7.11 Å². The summed E-state index contributed by atoms with van der Waals surface area (Å²) in [7, 11) is 5.90. The van der Waals surface area contributed by atoms with E-state index in [4.69, 9.17) is 4.74 Å². The fraction of sp³-hybridized carbons (Fsp3) is 0.625. The molecule has 3 heteroatoms.